The molecule has 6 heteroatoms. The molecule has 0 aliphatic carbocycles. The van der Waals surface area contributed by atoms with Gasteiger partial charge in [-0.15, -0.1) is 12.4 Å². The van der Waals surface area contributed by atoms with Gasteiger partial charge in [-0.2, -0.15) is 0 Å². The number of carbonyl (C=O) groups is 1. The van der Waals surface area contributed by atoms with E-state index < -0.39 is 12.0 Å². The second-order valence-corrected chi connectivity index (χ2v) is 5.49. The number of nitrogens with zero attached hydrogens (tertiary/aromatic N) is 1. The fraction of sp³-hybridized carbons (Fsp3) is 0.500. The monoisotopic (exact) mass is 363 g/mol. The molecule has 0 spiro atoms. The maximum Gasteiger partial charge on any atom is 0.320 e. The van der Waals surface area contributed by atoms with Crippen LogP contribution in [0.4, 0.5) is 0 Å². The van der Waals surface area contributed by atoms with Gasteiger partial charge in [-0.1, -0.05) is 41.1 Å². The molecule has 1 aromatic carbocycles. The van der Waals surface area contributed by atoms with Gasteiger partial charge in [0.25, 0.3) is 0 Å². The molecule has 0 bridgehead atoms. The highest BCUT2D eigenvalue weighted by Crippen LogP contribution is 2.29. The number of carboxylic acids is 1. The number of morpholine rings is 1. The van der Waals surface area contributed by atoms with E-state index in [4.69, 9.17) is 4.74 Å². The second kappa shape index (κ2) is 7.98. The lowest BCUT2D eigenvalue weighted by Crippen LogP contribution is -2.48. The zero-order valence-corrected chi connectivity index (χ0v) is 13.7. The van der Waals surface area contributed by atoms with Crippen molar-refractivity contribution in [2.75, 3.05) is 19.7 Å². The Morgan fingerprint density at radius 3 is 2.85 bits per heavy atom. The summed E-state index contributed by atoms with van der Waals surface area (Å²) in [4.78, 5) is 13.2. The van der Waals surface area contributed by atoms with Gasteiger partial charge in [-0.05, 0) is 18.1 Å². The van der Waals surface area contributed by atoms with Crippen LogP contribution in [-0.4, -0.2) is 41.7 Å². The molecule has 1 N–H and O–H groups in total. The Bertz CT molecular complexity index is 458. The van der Waals surface area contributed by atoms with Gasteiger partial charge in [-0.3, -0.25) is 9.69 Å². The lowest BCUT2D eigenvalue weighted by Gasteiger charge is -2.36. The smallest absolute Gasteiger partial charge is 0.320 e. The first-order valence-corrected chi connectivity index (χ1v) is 7.25. The summed E-state index contributed by atoms with van der Waals surface area (Å²) in [6.07, 6.45) is 0.538. The van der Waals surface area contributed by atoms with Crippen LogP contribution >= 0.6 is 28.3 Å². The van der Waals surface area contributed by atoms with Gasteiger partial charge in [0.15, 0.2) is 0 Å². The Hall–Kier alpha value is -0.620. The van der Waals surface area contributed by atoms with E-state index in [9.17, 15) is 9.90 Å². The summed E-state index contributed by atoms with van der Waals surface area (Å²) in [5.41, 5.74) is 1.08. The summed E-state index contributed by atoms with van der Waals surface area (Å²) in [6.45, 7) is 3.76. The first-order valence-electron chi connectivity index (χ1n) is 6.46. The largest absolute Gasteiger partial charge is 0.480 e. The molecule has 4 nitrogen and oxygen atoms in total. The van der Waals surface area contributed by atoms with Crippen molar-refractivity contribution in [3.8, 4) is 0 Å². The van der Waals surface area contributed by atoms with Crippen molar-refractivity contribution >= 4 is 34.3 Å². The number of rotatable bonds is 4. The van der Waals surface area contributed by atoms with Crippen molar-refractivity contribution in [1.29, 1.82) is 0 Å². The van der Waals surface area contributed by atoms with E-state index in [2.05, 4.69) is 15.9 Å². The molecule has 0 aromatic heterocycles. The van der Waals surface area contributed by atoms with E-state index >= 15 is 0 Å². The Morgan fingerprint density at radius 1 is 1.55 bits per heavy atom. The summed E-state index contributed by atoms with van der Waals surface area (Å²) in [7, 11) is 0. The molecule has 0 radical (unpaired) electrons. The van der Waals surface area contributed by atoms with Crippen LogP contribution in [0.15, 0.2) is 28.7 Å². The number of aliphatic carboxylic acids is 1. The van der Waals surface area contributed by atoms with Crippen molar-refractivity contribution in [2.45, 2.75) is 25.5 Å². The summed E-state index contributed by atoms with van der Waals surface area (Å²) >= 11 is 3.52. The van der Waals surface area contributed by atoms with Crippen LogP contribution < -0.4 is 0 Å². The molecule has 0 amide bonds. The molecule has 1 heterocycles. The average Bonchev–Trinajstić information content (AvgIpc) is 2.40. The molecule has 0 saturated carbocycles. The molecule has 1 fully saturated rings. The van der Waals surface area contributed by atoms with E-state index in [0.29, 0.717) is 26.1 Å². The third-order valence-electron chi connectivity index (χ3n) is 3.46. The fourth-order valence-electron chi connectivity index (χ4n) is 2.47. The minimum Gasteiger partial charge on any atom is -0.480 e. The number of halogens is 2. The van der Waals surface area contributed by atoms with Crippen LogP contribution in [0.3, 0.4) is 0 Å². The number of benzene rings is 1. The highest BCUT2D eigenvalue weighted by molar-refractivity contribution is 9.10. The molecule has 1 aliphatic rings. The number of hydrogen-bond acceptors (Lipinski definition) is 3. The lowest BCUT2D eigenvalue weighted by atomic mass is 10.1. The maximum atomic E-state index is 11.2. The molecule has 1 aromatic rings. The summed E-state index contributed by atoms with van der Waals surface area (Å²) in [5, 5.41) is 9.25. The van der Waals surface area contributed by atoms with E-state index in [0.717, 1.165) is 10.0 Å². The predicted molar refractivity (Wildman–Crippen MR) is 83.4 cm³/mol. The minimum absolute atomic E-state index is 0. The van der Waals surface area contributed by atoms with Crippen molar-refractivity contribution in [2.24, 2.45) is 0 Å². The van der Waals surface area contributed by atoms with Crippen molar-refractivity contribution in [1.82, 2.24) is 4.90 Å². The van der Waals surface area contributed by atoms with Crippen molar-refractivity contribution in [3.63, 3.8) is 0 Å². The normalized spacial score (nSPS) is 21.0. The highest BCUT2D eigenvalue weighted by Gasteiger charge is 2.30. The zero-order valence-electron chi connectivity index (χ0n) is 11.3. The third-order valence-corrected chi connectivity index (χ3v) is 4.18. The van der Waals surface area contributed by atoms with Gasteiger partial charge >= 0.3 is 5.97 Å². The van der Waals surface area contributed by atoms with Crippen LogP contribution in [0.2, 0.25) is 0 Å². The number of ether oxygens (including phenoxy) is 1. The molecule has 1 saturated heterocycles. The van der Waals surface area contributed by atoms with Gasteiger partial charge in [0.2, 0.25) is 0 Å². The lowest BCUT2D eigenvalue weighted by molar-refractivity contribution is -0.147. The van der Waals surface area contributed by atoms with Crippen LogP contribution in [0.1, 0.15) is 25.0 Å². The first kappa shape index (κ1) is 17.4. The Morgan fingerprint density at radius 2 is 2.25 bits per heavy atom. The average molecular weight is 365 g/mol. The fourth-order valence-corrected chi connectivity index (χ4v) is 3.01. The van der Waals surface area contributed by atoms with Crippen molar-refractivity contribution in [3.05, 3.63) is 34.3 Å². The van der Waals surface area contributed by atoms with E-state index in [1.165, 1.54) is 0 Å². The van der Waals surface area contributed by atoms with Gasteiger partial charge in [0, 0.05) is 17.6 Å². The number of carboxylic acid groups (broad SMARTS) is 1. The number of hydrogen-bond donors (Lipinski definition) is 1. The van der Waals surface area contributed by atoms with E-state index in [-0.39, 0.29) is 18.5 Å². The van der Waals surface area contributed by atoms with Crippen LogP contribution in [0.25, 0.3) is 0 Å². The Labute approximate surface area is 133 Å². The zero-order chi connectivity index (χ0) is 13.8. The minimum atomic E-state index is -0.754. The second-order valence-electron chi connectivity index (χ2n) is 4.64. The molecule has 20 heavy (non-hydrogen) atoms. The van der Waals surface area contributed by atoms with Crippen LogP contribution in [0, 0.1) is 0 Å². The highest BCUT2D eigenvalue weighted by atomic mass is 79.9. The van der Waals surface area contributed by atoms with E-state index in [1.54, 1.807) is 0 Å². The molecule has 2 rings (SSSR count). The predicted octanol–water partition coefficient (Wildman–Crippen LogP) is 3.11. The third kappa shape index (κ3) is 3.95. The first-order chi connectivity index (χ1) is 9.13. The maximum absolute atomic E-state index is 11.2. The van der Waals surface area contributed by atoms with Crippen LogP contribution in [0.5, 0.6) is 0 Å². The Kier molecular flexibility index (Phi) is 6.95. The molecular weight excluding hydrogens is 346 g/mol. The summed E-state index contributed by atoms with van der Waals surface area (Å²) in [5.74, 6) is -0.754. The van der Waals surface area contributed by atoms with Gasteiger partial charge in [0.05, 0.1) is 12.7 Å². The molecular formula is C14H19BrClNO3. The van der Waals surface area contributed by atoms with E-state index in [1.807, 2.05) is 36.1 Å². The van der Waals surface area contributed by atoms with Gasteiger partial charge in [-0.25, -0.2) is 0 Å². The summed E-state index contributed by atoms with van der Waals surface area (Å²) < 4.78 is 6.79. The van der Waals surface area contributed by atoms with Gasteiger partial charge in [0.1, 0.15) is 6.04 Å². The SMILES string of the molecule is CCC(C(=O)O)N1CCOC(c2ccccc2Br)C1.Cl. The van der Waals surface area contributed by atoms with Crippen molar-refractivity contribution < 1.29 is 14.6 Å². The molecule has 112 valence electrons. The van der Waals surface area contributed by atoms with Gasteiger partial charge < -0.3 is 9.84 Å². The Balaban J connectivity index is 0.00000200. The standard InChI is InChI=1S/C14H18BrNO3.ClH/c1-2-12(14(17)18)16-7-8-19-13(9-16)10-5-3-4-6-11(10)15;/h3-6,12-13H,2,7-9H2,1H3,(H,17,18);1H. The van der Waals surface area contributed by atoms with Crippen LogP contribution in [-0.2, 0) is 9.53 Å². The quantitative estimate of drug-likeness (QED) is 0.892. The molecule has 1 aliphatic heterocycles. The summed E-state index contributed by atoms with van der Waals surface area (Å²) in [6, 6.07) is 7.50. The molecule has 2 unspecified atom stereocenters. The topological polar surface area (TPSA) is 49.8 Å². The molecule has 2 atom stereocenters.